The van der Waals surface area contributed by atoms with Crippen LogP contribution < -0.4 is 10.1 Å². The smallest absolute Gasteiger partial charge is 0.273 e. The van der Waals surface area contributed by atoms with Crippen LogP contribution in [0.4, 0.5) is 0 Å². The maximum absolute atomic E-state index is 11.7. The number of nitrogens with zero attached hydrogens (tertiary/aromatic N) is 3. The average molecular weight is 342 g/mol. The summed E-state index contributed by atoms with van der Waals surface area (Å²) < 4.78 is 7.35. The minimum atomic E-state index is -0.320. The van der Waals surface area contributed by atoms with Crippen LogP contribution in [0, 0.1) is 6.92 Å². The Morgan fingerprint density at radius 1 is 1.32 bits per heavy atom. The van der Waals surface area contributed by atoms with Crippen LogP contribution in [0.2, 0.25) is 0 Å². The van der Waals surface area contributed by atoms with E-state index in [0.29, 0.717) is 11.5 Å². The molecular formula is C18H22N4O3. The van der Waals surface area contributed by atoms with Crippen LogP contribution in [0.3, 0.4) is 0 Å². The van der Waals surface area contributed by atoms with E-state index >= 15 is 0 Å². The van der Waals surface area contributed by atoms with Gasteiger partial charge in [0.25, 0.3) is 5.91 Å². The summed E-state index contributed by atoms with van der Waals surface area (Å²) in [6, 6.07) is 9.82. The van der Waals surface area contributed by atoms with Gasteiger partial charge in [-0.05, 0) is 37.6 Å². The average Bonchev–Trinajstić information content (AvgIpc) is 3.08. The Labute approximate surface area is 146 Å². The fourth-order valence-corrected chi connectivity index (χ4v) is 2.08. The molecule has 7 heteroatoms. The van der Waals surface area contributed by atoms with E-state index in [1.807, 2.05) is 37.4 Å². The Morgan fingerprint density at radius 2 is 2.04 bits per heavy atom. The van der Waals surface area contributed by atoms with Gasteiger partial charge in [-0.2, -0.15) is 0 Å². The Balaban J connectivity index is 2.00. The molecule has 0 aliphatic heterocycles. The second-order valence-electron chi connectivity index (χ2n) is 5.33. The first kappa shape index (κ1) is 18.3. The van der Waals surface area contributed by atoms with Gasteiger partial charge in [0.1, 0.15) is 13.7 Å². The zero-order chi connectivity index (χ0) is 18.2. The Morgan fingerprint density at radius 3 is 2.68 bits per heavy atom. The summed E-state index contributed by atoms with van der Waals surface area (Å²) in [7, 11) is 2.93. The molecule has 25 heavy (non-hydrogen) atoms. The number of benzene rings is 1. The summed E-state index contributed by atoms with van der Waals surface area (Å²) in [4.78, 5) is 16.4. The molecule has 0 spiro atoms. The zero-order valence-corrected chi connectivity index (χ0v) is 14.8. The summed E-state index contributed by atoms with van der Waals surface area (Å²) in [6.07, 6.45) is 3.58. The van der Waals surface area contributed by atoms with E-state index in [1.54, 1.807) is 23.7 Å². The third-order valence-corrected chi connectivity index (χ3v) is 3.48. The molecule has 0 radical (unpaired) electrons. The molecule has 1 amide bonds. The number of amides is 1. The van der Waals surface area contributed by atoms with E-state index in [9.17, 15) is 4.79 Å². The second-order valence-corrected chi connectivity index (χ2v) is 5.33. The van der Waals surface area contributed by atoms with Gasteiger partial charge in [0.15, 0.2) is 5.71 Å². The van der Waals surface area contributed by atoms with Crippen LogP contribution >= 0.6 is 0 Å². The van der Waals surface area contributed by atoms with Gasteiger partial charge >= 0.3 is 0 Å². The van der Waals surface area contributed by atoms with Gasteiger partial charge in [-0.25, -0.2) is 4.68 Å². The van der Waals surface area contributed by atoms with Gasteiger partial charge in [0.2, 0.25) is 5.88 Å². The first-order valence-corrected chi connectivity index (χ1v) is 7.81. The topological polar surface area (TPSA) is 77.7 Å². The number of ether oxygens (including phenoxy) is 1. The quantitative estimate of drug-likeness (QED) is 0.618. The first-order valence-electron chi connectivity index (χ1n) is 7.81. The highest BCUT2D eigenvalue weighted by Gasteiger charge is 2.12. The van der Waals surface area contributed by atoms with Crippen LogP contribution in [0.15, 0.2) is 53.3 Å². The summed E-state index contributed by atoms with van der Waals surface area (Å²) in [5.74, 6) is 0.175. The number of hydrogen-bond acceptors (Lipinski definition) is 5. The fraction of sp³-hybridized carbons (Fsp3) is 0.278. The molecule has 1 aromatic heterocycles. The maximum Gasteiger partial charge on any atom is 0.273 e. The highest BCUT2D eigenvalue weighted by molar-refractivity contribution is 6.44. The molecule has 1 N–H and O–H groups in total. The van der Waals surface area contributed by atoms with E-state index in [0.717, 1.165) is 5.69 Å². The molecular weight excluding hydrogens is 320 g/mol. The second kappa shape index (κ2) is 8.68. The molecule has 0 unspecified atom stereocenters. The first-order chi connectivity index (χ1) is 12.0. The number of hydrogen-bond donors (Lipinski definition) is 1. The van der Waals surface area contributed by atoms with Crippen LogP contribution in [0.1, 0.15) is 12.5 Å². The monoisotopic (exact) mass is 342 g/mol. The number of aryl methyl sites for hydroxylation is 1. The number of rotatable bonds is 7. The lowest BCUT2D eigenvalue weighted by Crippen LogP contribution is -2.28. The molecule has 2 rings (SSSR count). The number of oxime groups is 1. The SMILES string of the molecule is CNC(=O)C(=N/OC)/C(C)=C\COc1ccn(-c2ccc(C)cc2)n1. The van der Waals surface area contributed by atoms with Crippen molar-refractivity contribution in [3.8, 4) is 11.6 Å². The molecule has 0 atom stereocenters. The Hall–Kier alpha value is -3.09. The van der Waals surface area contributed by atoms with Crippen molar-refractivity contribution in [1.82, 2.24) is 15.1 Å². The molecule has 0 bridgehead atoms. The summed E-state index contributed by atoms with van der Waals surface area (Å²) >= 11 is 0. The Bertz CT molecular complexity index is 776. The molecule has 1 aromatic carbocycles. The van der Waals surface area contributed by atoms with E-state index in [1.165, 1.54) is 19.7 Å². The molecule has 132 valence electrons. The summed E-state index contributed by atoms with van der Waals surface area (Å²) in [5, 5.41) is 10.6. The van der Waals surface area contributed by atoms with Crippen LogP contribution in [-0.2, 0) is 9.63 Å². The highest BCUT2D eigenvalue weighted by atomic mass is 16.6. The van der Waals surface area contributed by atoms with Crippen molar-refractivity contribution in [2.24, 2.45) is 5.16 Å². The van der Waals surface area contributed by atoms with E-state index < -0.39 is 0 Å². The normalized spacial score (nSPS) is 12.0. The number of nitrogens with one attached hydrogen (secondary N) is 1. The van der Waals surface area contributed by atoms with E-state index in [4.69, 9.17) is 9.57 Å². The van der Waals surface area contributed by atoms with Gasteiger partial charge in [-0.1, -0.05) is 22.9 Å². The molecule has 0 aliphatic carbocycles. The lowest BCUT2D eigenvalue weighted by Gasteiger charge is -2.05. The number of aromatic nitrogens is 2. The molecule has 0 aliphatic rings. The zero-order valence-electron chi connectivity index (χ0n) is 14.8. The maximum atomic E-state index is 11.7. The minimum absolute atomic E-state index is 0.207. The van der Waals surface area contributed by atoms with Crippen molar-refractivity contribution >= 4 is 11.6 Å². The molecule has 0 fully saturated rings. The lowest BCUT2D eigenvalue weighted by atomic mass is 10.1. The van der Waals surface area contributed by atoms with E-state index in [2.05, 4.69) is 15.6 Å². The predicted octanol–water partition coefficient (Wildman–Crippen LogP) is 2.25. The van der Waals surface area contributed by atoms with Gasteiger partial charge in [0.05, 0.1) is 5.69 Å². The number of carbonyl (C=O) groups is 1. The van der Waals surface area contributed by atoms with E-state index in [-0.39, 0.29) is 18.2 Å². The van der Waals surface area contributed by atoms with Crippen molar-refractivity contribution in [3.05, 3.63) is 53.7 Å². The summed E-state index contributed by atoms with van der Waals surface area (Å²) in [6.45, 7) is 4.06. The Kier molecular flexibility index (Phi) is 6.33. The van der Waals surface area contributed by atoms with Crippen molar-refractivity contribution in [2.75, 3.05) is 20.8 Å². The van der Waals surface area contributed by atoms with Gasteiger partial charge < -0.3 is 14.9 Å². The molecule has 0 saturated heterocycles. The fourth-order valence-electron chi connectivity index (χ4n) is 2.08. The standard InChI is InChI=1S/C18H22N4O3/c1-13-5-7-15(8-6-13)22-11-9-16(20-22)25-12-10-14(2)17(21-24-4)18(23)19-3/h5-11H,12H2,1-4H3,(H,19,23)/b14-10-,21-17+. The summed E-state index contributed by atoms with van der Waals surface area (Å²) in [5.41, 5.74) is 3.01. The van der Waals surface area contributed by atoms with Crippen molar-refractivity contribution in [2.45, 2.75) is 13.8 Å². The molecule has 2 aromatic rings. The van der Waals surface area contributed by atoms with Gasteiger partial charge in [-0.15, -0.1) is 5.10 Å². The van der Waals surface area contributed by atoms with Crippen LogP contribution in [0.25, 0.3) is 5.69 Å². The molecule has 1 heterocycles. The van der Waals surface area contributed by atoms with Gasteiger partial charge in [-0.3, -0.25) is 4.79 Å². The molecule has 0 saturated carbocycles. The molecule has 7 nitrogen and oxygen atoms in total. The number of carbonyl (C=O) groups excluding carboxylic acids is 1. The van der Waals surface area contributed by atoms with Gasteiger partial charge in [0, 0.05) is 19.3 Å². The minimum Gasteiger partial charge on any atom is -0.472 e. The lowest BCUT2D eigenvalue weighted by molar-refractivity contribution is -0.114. The third kappa shape index (κ3) is 4.94. The van der Waals surface area contributed by atoms with Crippen molar-refractivity contribution in [3.63, 3.8) is 0 Å². The van der Waals surface area contributed by atoms with Crippen molar-refractivity contribution < 1.29 is 14.4 Å². The largest absolute Gasteiger partial charge is 0.472 e. The third-order valence-electron chi connectivity index (χ3n) is 3.48. The highest BCUT2D eigenvalue weighted by Crippen LogP contribution is 2.13. The predicted molar refractivity (Wildman–Crippen MR) is 96.1 cm³/mol. The van der Waals surface area contributed by atoms with Crippen LogP contribution in [-0.4, -0.2) is 42.2 Å². The van der Waals surface area contributed by atoms with Crippen molar-refractivity contribution in [1.29, 1.82) is 0 Å². The van der Waals surface area contributed by atoms with Crippen LogP contribution in [0.5, 0.6) is 5.88 Å².